The van der Waals surface area contributed by atoms with Crippen LogP contribution in [0.5, 0.6) is 0 Å². The molecule has 7 nitrogen and oxygen atoms in total. The van der Waals surface area contributed by atoms with E-state index in [9.17, 15) is 4.79 Å². The molecule has 2 aromatic heterocycles. The van der Waals surface area contributed by atoms with Crippen LogP contribution in [0.3, 0.4) is 0 Å². The lowest BCUT2D eigenvalue weighted by atomic mass is 9.94. The molecule has 2 aromatic carbocycles. The highest BCUT2D eigenvalue weighted by molar-refractivity contribution is 8.00. The van der Waals surface area contributed by atoms with E-state index in [2.05, 4.69) is 37.2 Å². The van der Waals surface area contributed by atoms with Crippen molar-refractivity contribution >= 4 is 39.7 Å². The first-order valence-electron chi connectivity index (χ1n) is 10.9. The van der Waals surface area contributed by atoms with Gasteiger partial charge < -0.3 is 9.14 Å². The van der Waals surface area contributed by atoms with Gasteiger partial charge in [-0.2, -0.15) is 4.37 Å². The molecule has 0 amide bonds. The van der Waals surface area contributed by atoms with E-state index in [1.807, 2.05) is 18.2 Å². The molecule has 0 spiro atoms. The van der Waals surface area contributed by atoms with Crippen LogP contribution in [-0.4, -0.2) is 31.9 Å². The van der Waals surface area contributed by atoms with Crippen LogP contribution in [0.15, 0.2) is 56.8 Å². The highest BCUT2D eigenvalue weighted by Gasteiger charge is 2.27. The van der Waals surface area contributed by atoms with Crippen LogP contribution in [0, 0.1) is 5.92 Å². The topological polar surface area (TPSA) is 76.2 Å². The summed E-state index contributed by atoms with van der Waals surface area (Å²) in [5.41, 5.74) is 5.42. The summed E-state index contributed by atoms with van der Waals surface area (Å²) in [7, 11) is 0. The number of hydrogen-bond acceptors (Lipinski definition) is 8. The fourth-order valence-corrected chi connectivity index (χ4v) is 5.55. The Balaban J connectivity index is 1.25. The average molecular weight is 466 g/mol. The molecule has 9 heteroatoms. The van der Waals surface area contributed by atoms with Crippen LogP contribution in [0.2, 0.25) is 0 Å². The van der Waals surface area contributed by atoms with Crippen LogP contribution in [0.1, 0.15) is 29.5 Å². The second-order valence-corrected chi connectivity index (χ2v) is 10.2. The smallest absolute Gasteiger partial charge is 0.408 e. The molecule has 0 bridgehead atoms. The van der Waals surface area contributed by atoms with Gasteiger partial charge in [-0.05, 0) is 72.0 Å². The Morgan fingerprint density at radius 3 is 3.03 bits per heavy atom. The first kappa shape index (κ1) is 20.0. The molecule has 1 aliphatic heterocycles. The number of benzene rings is 2. The summed E-state index contributed by atoms with van der Waals surface area (Å²) >= 11 is 2.72. The molecule has 0 unspecified atom stereocenters. The second kappa shape index (κ2) is 8.38. The van der Waals surface area contributed by atoms with E-state index in [1.54, 1.807) is 4.57 Å². The highest BCUT2D eigenvalue weighted by atomic mass is 32.2. The minimum atomic E-state index is -0.317. The molecule has 1 aliphatic carbocycles. The maximum absolute atomic E-state index is 12.7. The fraction of sp³-hybridized carbons (Fsp3) is 0.348. The fourth-order valence-electron chi connectivity index (χ4n) is 4.43. The van der Waals surface area contributed by atoms with E-state index in [0.29, 0.717) is 12.1 Å². The van der Waals surface area contributed by atoms with E-state index in [1.165, 1.54) is 65.9 Å². The number of hydrogen-bond donors (Lipinski definition) is 1. The third-order valence-electron chi connectivity index (χ3n) is 6.25. The molecule has 1 fully saturated rings. The van der Waals surface area contributed by atoms with Crippen molar-refractivity contribution in [3.05, 3.63) is 70.0 Å². The Hall–Kier alpha value is -2.62. The Kier molecular flexibility index (Phi) is 5.24. The summed E-state index contributed by atoms with van der Waals surface area (Å²) in [5, 5.41) is 0.735. The largest absolute Gasteiger partial charge is 0.420 e. The van der Waals surface area contributed by atoms with E-state index < -0.39 is 0 Å². The Labute approximate surface area is 193 Å². The molecule has 32 heavy (non-hydrogen) atoms. The van der Waals surface area contributed by atoms with Gasteiger partial charge in [0.2, 0.25) is 5.13 Å². The van der Waals surface area contributed by atoms with Gasteiger partial charge >= 0.3 is 5.76 Å². The van der Waals surface area contributed by atoms with E-state index in [4.69, 9.17) is 4.42 Å². The number of nitrogens with one attached hydrogen (secondary N) is 1. The number of oxazole rings is 1. The molecular weight excluding hydrogens is 442 g/mol. The summed E-state index contributed by atoms with van der Waals surface area (Å²) in [4.78, 5) is 20.4. The summed E-state index contributed by atoms with van der Waals surface area (Å²) in [6, 6.07) is 12.3. The van der Waals surface area contributed by atoms with Gasteiger partial charge in [0.15, 0.2) is 5.58 Å². The summed E-state index contributed by atoms with van der Waals surface area (Å²) in [5.74, 6) is 0.569. The molecule has 2 aliphatic rings. The number of aromatic nitrogens is 3. The molecule has 3 heterocycles. The van der Waals surface area contributed by atoms with Crippen LogP contribution in [0.25, 0.3) is 11.1 Å². The Bertz CT molecular complexity index is 1310. The predicted octanol–water partition coefficient (Wildman–Crippen LogP) is 4.38. The molecule has 0 radical (unpaired) electrons. The minimum Gasteiger partial charge on any atom is -0.408 e. The second-order valence-electron chi connectivity index (χ2n) is 8.52. The van der Waals surface area contributed by atoms with Crippen molar-refractivity contribution < 1.29 is 4.42 Å². The number of nitrogens with zero attached hydrogens (tertiary/aromatic N) is 4. The van der Waals surface area contributed by atoms with Crippen molar-refractivity contribution in [2.24, 2.45) is 5.92 Å². The van der Waals surface area contributed by atoms with E-state index in [0.717, 1.165) is 41.0 Å². The number of anilines is 1. The zero-order valence-electron chi connectivity index (χ0n) is 17.5. The number of fused-ring (bicyclic) bond motifs is 2. The van der Waals surface area contributed by atoms with Gasteiger partial charge in [-0.1, -0.05) is 18.2 Å². The van der Waals surface area contributed by atoms with Gasteiger partial charge in [-0.15, -0.1) is 0 Å². The summed E-state index contributed by atoms with van der Waals surface area (Å²) < 4.78 is 14.5. The first-order chi connectivity index (χ1) is 15.7. The van der Waals surface area contributed by atoms with Crippen molar-refractivity contribution in [3.8, 4) is 0 Å². The lowest BCUT2D eigenvalue weighted by Crippen LogP contribution is -2.33. The molecule has 164 valence electrons. The standard InChI is InChI=1S/C23H23N5O2S2/c29-23-28(20-7-6-18(10-21(20)30-23)31-26-22-24-14-25-32-22)12-17-3-1-2-16-8-9-27(13-19(16)17)11-15-4-5-15/h1-3,6-7,10,14-15H,4-5,8-9,11-13H2,(H,24,25,26). The average Bonchev–Trinajstić information content (AvgIpc) is 3.35. The SMILES string of the molecule is O=c1oc2cc(SNc3ncns3)ccc2n1Cc1cccc2c1CN(CC1CC1)CC2. The third-order valence-corrected chi connectivity index (χ3v) is 7.74. The molecule has 1 saturated carbocycles. The molecule has 4 aromatic rings. The van der Waals surface area contributed by atoms with Crippen molar-refractivity contribution in [3.63, 3.8) is 0 Å². The third kappa shape index (κ3) is 4.07. The highest BCUT2D eigenvalue weighted by Crippen LogP contribution is 2.32. The summed E-state index contributed by atoms with van der Waals surface area (Å²) in [6.07, 6.45) is 5.35. The van der Waals surface area contributed by atoms with Crippen LogP contribution in [0.4, 0.5) is 5.13 Å². The maximum Gasteiger partial charge on any atom is 0.420 e. The van der Waals surface area contributed by atoms with Gasteiger partial charge in [0.05, 0.1) is 12.1 Å². The molecule has 6 rings (SSSR count). The normalized spacial score (nSPS) is 16.4. The van der Waals surface area contributed by atoms with Crippen molar-refractivity contribution in [1.82, 2.24) is 18.8 Å². The zero-order chi connectivity index (χ0) is 21.5. The Morgan fingerprint density at radius 2 is 2.19 bits per heavy atom. The molecule has 0 saturated heterocycles. The lowest BCUT2D eigenvalue weighted by molar-refractivity contribution is 0.243. The van der Waals surface area contributed by atoms with Gasteiger partial charge in [-0.25, -0.2) is 9.78 Å². The van der Waals surface area contributed by atoms with Crippen LogP contribution in [-0.2, 0) is 19.5 Å². The minimum absolute atomic E-state index is 0.317. The molecular formula is C23H23N5O2S2. The van der Waals surface area contributed by atoms with Crippen LogP contribution >= 0.6 is 23.5 Å². The quantitative estimate of drug-likeness (QED) is 0.406. The van der Waals surface area contributed by atoms with Gasteiger partial charge in [0.25, 0.3) is 0 Å². The maximum atomic E-state index is 12.7. The first-order valence-corrected chi connectivity index (χ1v) is 12.5. The molecule has 0 atom stereocenters. The van der Waals surface area contributed by atoms with Crippen molar-refractivity contribution in [2.45, 2.75) is 37.2 Å². The predicted molar refractivity (Wildman–Crippen MR) is 127 cm³/mol. The summed E-state index contributed by atoms with van der Waals surface area (Å²) in [6.45, 7) is 3.84. The van der Waals surface area contributed by atoms with Gasteiger partial charge in [0.1, 0.15) is 6.33 Å². The van der Waals surface area contributed by atoms with Gasteiger partial charge in [-0.3, -0.25) is 9.47 Å². The van der Waals surface area contributed by atoms with Gasteiger partial charge in [0, 0.05) is 36.1 Å². The zero-order valence-corrected chi connectivity index (χ0v) is 19.1. The van der Waals surface area contributed by atoms with Crippen molar-refractivity contribution in [2.75, 3.05) is 17.8 Å². The number of rotatable bonds is 7. The van der Waals surface area contributed by atoms with E-state index in [-0.39, 0.29) is 5.76 Å². The monoisotopic (exact) mass is 465 g/mol. The lowest BCUT2D eigenvalue weighted by Gasteiger charge is -2.30. The van der Waals surface area contributed by atoms with E-state index >= 15 is 0 Å². The molecule has 1 N–H and O–H groups in total. The van der Waals surface area contributed by atoms with Crippen LogP contribution < -0.4 is 10.5 Å². The Morgan fingerprint density at radius 1 is 1.25 bits per heavy atom. The van der Waals surface area contributed by atoms with Crippen molar-refractivity contribution in [1.29, 1.82) is 0 Å².